The molecule has 0 aliphatic carbocycles. The zero-order valence-electron chi connectivity index (χ0n) is 14.9. The van der Waals surface area contributed by atoms with Gasteiger partial charge in [0.05, 0.1) is 0 Å². The fourth-order valence-corrected chi connectivity index (χ4v) is 2.24. The van der Waals surface area contributed by atoms with Crippen molar-refractivity contribution in [2.45, 2.75) is 19.8 Å². The van der Waals surface area contributed by atoms with E-state index in [0.717, 1.165) is 12.8 Å². The predicted molar refractivity (Wildman–Crippen MR) is 99.4 cm³/mol. The minimum absolute atomic E-state index is 0.0679. The summed E-state index contributed by atoms with van der Waals surface area (Å²) in [5.74, 6) is 0.873. The molecule has 0 bridgehead atoms. The van der Waals surface area contributed by atoms with E-state index in [-0.39, 0.29) is 19.1 Å². The normalized spacial score (nSPS) is 10.0. The lowest BCUT2D eigenvalue weighted by molar-refractivity contribution is -0.123. The Hall–Kier alpha value is -3.02. The van der Waals surface area contributed by atoms with Gasteiger partial charge in [-0.2, -0.15) is 0 Å². The van der Waals surface area contributed by atoms with Crippen LogP contribution in [0.15, 0.2) is 54.6 Å². The highest BCUT2D eigenvalue weighted by Crippen LogP contribution is 2.13. The predicted octanol–water partition coefficient (Wildman–Crippen LogP) is 2.92. The second kappa shape index (κ2) is 10.8. The lowest BCUT2D eigenvalue weighted by Gasteiger charge is -2.09. The summed E-state index contributed by atoms with van der Waals surface area (Å²) in [7, 11) is 0. The summed E-state index contributed by atoms with van der Waals surface area (Å²) in [5, 5.41) is 5.23. The Morgan fingerprint density at radius 3 is 2.27 bits per heavy atom. The average Bonchev–Trinajstić information content (AvgIpc) is 2.66. The molecule has 0 heterocycles. The van der Waals surface area contributed by atoms with Gasteiger partial charge in [0.1, 0.15) is 11.5 Å². The van der Waals surface area contributed by atoms with Gasteiger partial charge in [-0.15, -0.1) is 0 Å². The number of nitrogens with one attached hydrogen (secondary N) is 2. The van der Waals surface area contributed by atoms with Crippen LogP contribution >= 0.6 is 0 Å². The summed E-state index contributed by atoms with van der Waals surface area (Å²) in [4.78, 5) is 23.3. The minimum Gasteiger partial charge on any atom is -0.484 e. The molecule has 0 saturated heterocycles. The quantitative estimate of drug-likeness (QED) is 0.677. The first-order valence-electron chi connectivity index (χ1n) is 8.66. The number of hydrogen-bond acceptors (Lipinski definition) is 4. The van der Waals surface area contributed by atoms with Gasteiger partial charge < -0.3 is 20.1 Å². The molecule has 0 atom stereocenters. The molecule has 26 heavy (non-hydrogen) atoms. The molecule has 0 spiro atoms. The van der Waals surface area contributed by atoms with Crippen LogP contribution in [-0.4, -0.2) is 31.7 Å². The molecule has 2 rings (SSSR count). The van der Waals surface area contributed by atoms with E-state index in [1.807, 2.05) is 30.3 Å². The third-order valence-corrected chi connectivity index (χ3v) is 3.50. The van der Waals surface area contributed by atoms with Gasteiger partial charge in [0.25, 0.3) is 5.91 Å². The van der Waals surface area contributed by atoms with Gasteiger partial charge in [0.15, 0.2) is 6.61 Å². The Labute approximate surface area is 153 Å². The molecule has 138 valence electrons. The Kier molecular flexibility index (Phi) is 7.99. The van der Waals surface area contributed by atoms with E-state index >= 15 is 0 Å². The van der Waals surface area contributed by atoms with Gasteiger partial charge in [-0.25, -0.2) is 4.79 Å². The number of carbonyl (C=O) groups is 2. The van der Waals surface area contributed by atoms with Crippen LogP contribution in [0.4, 0.5) is 4.79 Å². The molecular formula is C20H24N2O4. The van der Waals surface area contributed by atoms with Crippen molar-refractivity contribution in [1.29, 1.82) is 0 Å². The van der Waals surface area contributed by atoms with E-state index in [1.165, 1.54) is 5.56 Å². The molecule has 0 radical (unpaired) electrons. The Bertz CT molecular complexity index is 687. The van der Waals surface area contributed by atoms with Crippen molar-refractivity contribution in [3.05, 3.63) is 60.2 Å². The zero-order chi connectivity index (χ0) is 18.6. The molecule has 0 aliphatic rings. The van der Waals surface area contributed by atoms with Gasteiger partial charge in [0.2, 0.25) is 0 Å². The highest BCUT2D eigenvalue weighted by atomic mass is 16.6. The van der Waals surface area contributed by atoms with E-state index in [1.54, 1.807) is 24.3 Å². The number of rotatable bonds is 9. The van der Waals surface area contributed by atoms with Gasteiger partial charge in [-0.3, -0.25) is 4.79 Å². The van der Waals surface area contributed by atoms with E-state index in [2.05, 4.69) is 17.6 Å². The Morgan fingerprint density at radius 1 is 0.885 bits per heavy atom. The van der Waals surface area contributed by atoms with E-state index in [9.17, 15) is 9.59 Å². The third kappa shape index (κ3) is 7.25. The molecule has 2 amide bonds. The number of para-hydroxylation sites is 1. The summed E-state index contributed by atoms with van der Waals surface area (Å²) >= 11 is 0. The van der Waals surface area contributed by atoms with Gasteiger partial charge >= 0.3 is 6.09 Å². The van der Waals surface area contributed by atoms with Gasteiger partial charge in [-0.1, -0.05) is 43.7 Å². The van der Waals surface area contributed by atoms with Crippen molar-refractivity contribution in [3.8, 4) is 11.5 Å². The minimum atomic E-state index is -0.561. The van der Waals surface area contributed by atoms with Gasteiger partial charge in [-0.05, 0) is 36.2 Å². The summed E-state index contributed by atoms with van der Waals surface area (Å²) in [6.45, 7) is 2.62. The third-order valence-electron chi connectivity index (χ3n) is 3.50. The summed E-state index contributed by atoms with van der Waals surface area (Å²) in [5.41, 5.74) is 1.25. The monoisotopic (exact) mass is 356 g/mol. The maximum atomic E-state index is 11.7. The maximum absolute atomic E-state index is 11.7. The van der Waals surface area contributed by atoms with Crippen molar-refractivity contribution >= 4 is 12.0 Å². The molecule has 2 aromatic rings. The van der Waals surface area contributed by atoms with Crippen LogP contribution in [0.1, 0.15) is 18.9 Å². The van der Waals surface area contributed by atoms with Crippen LogP contribution in [-0.2, 0) is 11.2 Å². The second-order valence-corrected chi connectivity index (χ2v) is 5.66. The summed E-state index contributed by atoms with van der Waals surface area (Å²) in [6, 6.07) is 16.5. The first-order valence-corrected chi connectivity index (χ1v) is 8.66. The molecule has 0 saturated carbocycles. The van der Waals surface area contributed by atoms with Crippen molar-refractivity contribution in [2.24, 2.45) is 0 Å². The highest BCUT2D eigenvalue weighted by molar-refractivity contribution is 5.77. The molecule has 2 N–H and O–H groups in total. The van der Waals surface area contributed by atoms with Crippen molar-refractivity contribution in [3.63, 3.8) is 0 Å². The highest BCUT2D eigenvalue weighted by Gasteiger charge is 2.05. The summed E-state index contributed by atoms with van der Waals surface area (Å²) < 4.78 is 10.5. The van der Waals surface area contributed by atoms with Crippen molar-refractivity contribution in [2.75, 3.05) is 19.7 Å². The first-order chi connectivity index (χ1) is 12.7. The molecular weight excluding hydrogens is 332 g/mol. The van der Waals surface area contributed by atoms with Crippen molar-refractivity contribution in [1.82, 2.24) is 10.6 Å². The smallest absolute Gasteiger partial charge is 0.412 e. The SMILES string of the molecule is CCCc1ccc(OCC(=O)NCCNC(=O)Oc2ccccc2)cc1. The molecule has 6 heteroatoms. The maximum Gasteiger partial charge on any atom is 0.412 e. The van der Waals surface area contributed by atoms with E-state index in [0.29, 0.717) is 18.0 Å². The van der Waals surface area contributed by atoms with Crippen molar-refractivity contribution < 1.29 is 19.1 Å². The van der Waals surface area contributed by atoms with Crippen LogP contribution < -0.4 is 20.1 Å². The fraction of sp³-hybridized carbons (Fsp3) is 0.300. The van der Waals surface area contributed by atoms with Crippen LogP contribution in [0.25, 0.3) is 0 Å². The van der Waals surface area contributed by atoms with E-state index < -0.39 is 6.09 Å². The first kappa shape index (κ1) is 19.3. The zero-order valence-corrected chi connectivity index (χ0v) is 14.9. The number of ether oxygens (including phenoxy) is 2. The van der Waals surface area contributed by atoms with Crippen LogP contribution in [0.3, 0.4) is 0 Å². The molecule has 0 fully saturated rings. The number of amides is 2. The van der Waals surface area contributed by atoms with Crippen LogP contribution in [0.2, 0.25) is 0 Å². The molecule has 0 aliphatic heterocycles. The number of aryl methyl sites for hydroxylation is 1. The lowest BCUT2D eigenvalue weighted by atomic mass is 10.1. The largest absolute Gasteiger partial charge is 0.484 e. The Morgan fingerprint density at radius 2 is 1.58 bits per heavy atom. The standard InChI is InChI=1S/C20H24N2O4/c1-2-6-16-9-11-17(12-10-16)25-15-19(23)21-13-14-22-20(24)26-18-7-4-3-5-8-18/h3-5,7-12H,2,6,13-15H2,1H3,(H,21,23)(H,22,24). The molecule has 0 aromatic heterocycles. The topological polar surface area (TPSA) is 76.7 Å². The molecule has 2 aromatic carbocycles. The number of hydrogen-bond donors (Lipinski definition) is 2. The number of carbonyl (C=O) groups excluding carboxylic acids is 2. The summed E-state index contributed by atoms with van der Waals surface area (Å²) in [6.07, 6.45) is 1.56. The van der Waals surface area contributed by atoms with Gasteiger partial charge in [0, 0.05) is 13.1 Å². The lowest BCUT2D eigenvalue weighted by Crippen LogP contribution is -2.37. The van der Waals surface area contributed by atoms with Crippen LogP contribution in [0, 0.1) is 0 Å². The Balaban J connectivity index is 1.58. The van der Waals surface area contributed by atoms with Crippen LogP contribution in [0.5, 0.6) is 11.5 Å². The second-order valence-electron chi connectivity index (χ2n) is 5.66. The molecule has 0 unspecified atom stereocenters. The number of benzene rings is 2. The molecule has 6 nitrogen and oxygen atoms in total. The average molecular weight is 356 g/mol. The van der Waals surface area contributed by atoms with E-state index in [4.69, 9.17) is 9.47 Å². The fourth-order valence-electron chi connectivity index (χ4n) is 2.24.